The minimum Gasteiger partial charge on any atom is -0.481 e. The number of carboxylic acid groups (broad SMARTS) is 1. The summed E-state index contributed by atoms with van der Waals surface area (Å²) < 4.78 is 1.85. The predicted molar refractivity (Wildman–Crippen MR) is 139 cm³/mol. The molecule has 0 unspecified atom stereocenters. The van der Waals surface area contributed by atoms with Crippen LogP contribution in [-0.4, -0.2) is 32.8 Å². The molecule has 6 nitrogen and oxygen atoms in total. The van der Waals surface area contributed by atoms with Crippen LogP contribution in [0.15, 0.2) is 72.9 Å². The second kappa shape index (κ2) is 8.79. The Bertz CT molecular complexity index is 1450. The van der Waals surface area contributed by atoms with Crippen LogP contribution in [0.4, 0.5) is 0 Å². The van der Waals surface area contributed by atoms with E-state index < -0.39 is 5.97 Å². The molecule has 2 saturated carbocycles. The molecule has 2 N–H and O–H groups in total. The van der Waals surface area contributed by atoms with Gasteiger partial charge < -0.3 is 10.4 Å². The van der Waals surface area contributed by atoms with Crippen molar-refractivity contribution >= 4 is 34.4 Å². The van der Waals surface area contributed by atoms with Crippen molar-refractivity contribution in [2.75, 3.05) is 0 Å². The summed E-state index contributed by atoms with van der Waals surface area (Å²) in [5.74, 6) is -1.11. The maximum absolute atomic E-state index is 13.3. The van der Waals surface area contributed by atoms with Crippen LogP contribution >= 0.6 is 11.6 Å². The van der Waals surface area contributed by atoms with Crippen molar-refractivity contribution in [1.82, 2.24) is 15.1 Å². The van der Waals surface area contributed by atoms with Crippen molar-refractivity contribution in [1.29, 1.82) is 0 Å². The van der Waals surface area contributed by atoms with E-state index in [9.17, 15) is 9.59 Å². The van der Waals surface area contributed by atoms with Gasteiger partial charge in [0, 0.05) is 16.5 Å². The zero-order chi connectivity index (χ0) is 24.9. The van der Waals surface area contributed by atoms with Gasteiger partial charge in [-0.1, -0.05) is 66.2 Å². The summed E-state index contributed by atoms with van der Waals surface area (Å²) in [5, 5.41) is 18.2. The molecule has 0 radical (unpaired) electrons. The van der Waals surface area contributed by atoms with Crippen molar-refractivity contribution in [2.24, 2.45) is 11.3 Å². The van der Waals surface area contributed by atoms with Crippen LogP contribution in [-0.2, 0) is 11.3 Å². The highest BCUT2D eigenvalue weighted by atomic mass is 35.5. The van der Waals surface area contributed by atoms with Gasteiger partial charge in [0.25, 0.3) is 5.91 Å². The number of fused-ring (bicyclic) bond motifs is 1. The number of hydrogen-bond donors (Lipinski definition) is 2. The first-order valence-corrected chi connectivity index (χ1v) is 12.6. The Kier molecular flexibility index (Phi) is 5.56. The van der Waals surface area contributed by atoms with Gasteiger partial charge in [-0.3, -0.25) is 14.3 Å². The molecule has 4 aromatic rings. The SMILES string of the molecule is O=C(NC1CC2(C1)CC(C(=O)O)C2)c1cc(Cl)cc2cnn(Cc3ccc(-c4ccccc4)cc3)c12. The molecule has 7 heteroatoms. The smallest absolute Gasteiger partial charge is 0.306 e. The third kappa shape index (κ3) is 4.16. The third-order valence-corrected chi connectivity index (χ3v) is 7.96. The zero-order valence-corrected chi connectivity index (χ0v) is 20.4. The molecule has 2 fully saturated rings. The molecular formula is C29H26ClN3O3. The number of rotatable bonds is 6. The number of hydrogen-bond acceptors (Lipinski definition) is 3. The average molecular weight is 500 g/mol. The zero-order valence-electron chi connectivity index (χ0n) is 19.7. The van der Waals surface area contributed by atoms with Gasteiger partial charge in [0.2, 0.25) is 0 Å². The molecule has 1 heterocycles. The Morgan fingerprint density at radius 3 is 2.39 bits per heavy atom. The van der Waals surface area contributed by atoms with E-state index in [2.05, 4.69) is 46.8 Å². The van der Waals surface area contributed by atoms with Gasteiger partial charge in [0.1, 0.15) is 0 Å². The number of amides is 1. The van der Waals surface area contributed by atoms with Crippen LogP contribution in [0.2, 0.25) is 5.02 Å². The quantitative estimate of drug-likeness (QED) is 0.352. The minimum absolute atomic E-state index is 0.0585. The van der Waals surface area contributed by atoms with Crippen molar-refractivity contribution in [3.8, 4) is 11.1 Å². The molecular weight excluding hydrogens is 474 g/mol. The van der Waals surface area contributed by atoms with Gasteiger partial charge in [-0.15, -0.1) is 0 Å². The maximum Gasteiger partial charge on any atom is 0.306 e. The predicted octanol–water partition coefficient (Wildman–Crippen LogP) is 5.78. The van der Waals surface area contributed by atoms with E-state index in [1.54, 1.807) is 12.3 Å². The Morgan fingerprint density at radius 2 is 1.69 bits per heavy atom. The number of nitrogens with zero attached hydrogens (tertiary/aromatic N) is 2. The number of aromatic nitrogens is 2. The average Bonchev–Trinajstić information content (AvgIpc) is 3.22. The molecule has 36 heavy (non-hydrogen) atoms. The van der Waals surface area contributed by atoms with E-state index in [1.807, 2.05) is 28.9 Å². The van der Waals surface area contributed by atoms with Gasteiger partial charge in [0.15, 0.2) is 0 Å². The Hall–Kier alpha value is -3.64. The van der Waals surface area contributed by atoms with Gasteiger partial charge >= 0.3 is 5.97 Å². The summed E-state index contributed by atoms with van der Waals surface area (Å²) >= 11 is 6.35. The molecule has 0 aliphatic heterocycles. The van der Waals surface area contributed by atoms with Gasteiger partial charge in [-0.05, 0) is 59.9 Å². The molecule has 3 aromatic carbocycles. The van der Waals surface area contributed by atoms with Crippen LogP contribution in [0, 0.1) is 11.3 Å². The topological polar surface area (TPSA) is 84.2 Å². The molecule has 0 atom stereocenters. The molecule has 0 saturated heterocycles. The largest absolute Gasteiger partial charge is 0.481 e. The third-order valence-electron chi connectivity index (χ3n) is 7.74. The van der Waals surface area contributed by atoms with E-state index in [-0.39, 0.29) is 23.3 Å². The Balaban J connectivity index is 1.19. The van der Waals surface area contributed by atoms with Crippen LogP contribution in [0.1, 0.15) is 41.6 Å². The van der Waals surface area contributed by atoms with E-state index >= 15 is 0 Å². The fourth-order valence-corrected chi connectivity index (χ4v) is 6.17. The minimum atomic E-state index is -0.711. The first kappa shape index (κ1) is 22.8. The standard InChI is InChI=1S/C29H26ClN3O3/c30-23-10-21-16-31-33(17-18-6-8-20(9-7-18)19-4-2-1-3-5-19)26(21)25(11-23)27(34)32-24-14-29(15-24)12-22(13-29)28(35)36/h1-11,16,22,24H,12-15,17H2,(H,32,34)(H,35,36). The fourth-order valence-electron chi connectivity index (χ4n) is 5.94. The lowest BCUT2D eigenvalue weighted by molar-refractivity contribution is -0.155. The highest BCUT2D eigenvalue weighted by molar-refractivity contribution is 6.32. The van der Waals surface area contributed by atoms with E-state index in [0.29, 0.717) is 30.0 Å². The van der Waals surface area contributed by atoms with Crippen LogP contribution in [0.3, 0.4) is 0 Å². The highest BCUT2D eigenvalue weighted by Crippen LogP contribution is 2.58. The summed E-state index contributed by atoms with van der Waals surface area (Å²) in [7, 11) is 0. The number of carbonyl (C=O) groups is 2. The van der Waals surface area contributed by atoms with Gasteiger partial charge in [-0.2, -0.15) is 5.10 Å². The maximum atomic E-state index is 13.3. The molecule has 2 aliphatic carbocycles. The monoisotopic (exact) mass is 499 g/mol. The first-order valence-electron chi connectivity index (χ1n) is 12.2. The number of carbonyl (C=O) groups excluding carboxylic acids is 1. The lowest BCUT2D eigenvalue weighted by Gasteiger charge is -2.56. The van der Waals surface area contributed by atoms with Crippen molar-refractivity contribution in [3.05, 3.63) is 89.1 Å². The molecule has 2 aliphatic rings. The summed E-state index contributed by atoms with van der Waals surface area (Å²) in [6.45, 7) is 0.531. The number of benzene rings is 3. The molecule has 6 rings (SSSR count). The van der Waals surface area contributed by atoms with Gasteiger partial charge in [0.05, 0.1) is 29.7 Å². The van der Waals surface area contributed by atoms with Crippen LogP contribution in [0.25, 0.3) is 22.0 Å². The van der Waals surface area contributed by atoms with E-state index in [4.69, 9.17) is 16.7 Å². The van der Waals surface area contributed by atoms with Crippen molar-refractivity contribution in [3.63, 3.8) is 0 Å². The van der Waals surface area contributed by atoms with E-state index in [0.717, 1.165) is 34.9 Å². The van der Waals surface area contributed by atoms with Crippen molar-refractivity contribution < 1.29 is 14.7 Å². The first-order chi connectivity index (χ1) is 17.4. The number of aliphatic carboxylic acids is 1. The summed E-state index contributed by atoms with van der Waals surface area (Å²) in [4.78, 5) is 24.4. The molecule has 1 spiro atoms. The summed E-state index contributed by atoms with van der Waals surface area (Å²) in [6, 6.07) is 22.2. The Morgan fingerprint density at radius 1 is 1.00 bits per heavy atom. The number of nitrogens with one attached hydrogen (secondary N) is 1. The highest BCUT2D eigenvalue weighted by Gasteiger charge is 2.55. The Labute approximate surface area is 213 Å². The second-order valence-corrected chi connectivity index (χ2v) is 10.7. The number of halogens is 1. The second-order valence-electron chi connectivity index (χ2n) is 10.3. The van der Waals surface area contributed by atoms with E-state index in [1.165, 1.54) is 5.56 Å². The lowest BCUT2D eigenvalue weighted by atomic mass is 9.50. The number of carboxylic acids is 1. The fraction of sp³-hybridized carbons (Fsp3) is 0.276. The van der Waals surface area contributed by atoms with Gasteiger partial charge in [-0.25, -0.2) is 0 Å². The summed E-state index contributed by atoms with van der Waals surface area (Å²) in [5.41, 5.74) is 4.76. The molecule has 182 valence electrons. The lowest BCUT2D eigenvalue weighted by Crippen LogP contribution is -2.57. The van der Waals surface area contributed by atoms with Crippen molar-refractivity contribution in [2.45, 2.75) is 38.3 Å². The van der Waals surface area contributed by atoms with Crippen LogP contribution < -0.4 is 5.32 Å². The summed E-state index contributed by atoms with van der Waals surface area (Å²) in [6.07, 6.45) is 4.84. The molecule has 1 aromatic heterocycles. The molecule has 0 bridgehead atoms. The van der Waals surface area contributed by atoms with Crippen LogP contribution in [0.5, 0.6) is 0 Å². The normalized spacial score (nSPS) is 22.7. The molecule has 1 amide bonds.